The van der Waals surface area contributed by atoms with Gasteiger partial charge < -0.3 is 10.1 Å². The topological polar surface area (TPSA) is 70.6 Å². The molecule has 7 heteroatoms. The molecule has 0 heterocycles. The number of aryl methyl sites for hydroxylation is 1. The molecule has 1 unspecified atom stereocenters. The fourth-order valence-corrected chi connectivity index (χ4v) is 3.49. The van der Waals surface area contributed by atoms with Crippen molar-refractivity contribution in [2.45, 2.75) is 38.8 Å². The Morgan fingerprint density at radius 1 is 1.00 bits per heavy atom. The van der Waals surface area contributed by atoms with Crippen LogP contribution in [0.4, 0.5) is 8.78 Å². The predicted octanol–water partition coefficient (Wildman–Crippen LogP) is 5.15. The van der Waals surface area contributed by atoms with Crippen LogP contribution in [0, 0.1) is 18.6 Å². The van der Waals surface area contributed by atoms with Gasteiger partial charge in [-0.2, -0.15) is 0 Å². The monoisotopic (exact) mass is 454 g/mol. The predicted molar refractivity (Wildman–Crippen MR) is 123 cm³/mol. The van der Waals surface area contributed by atoms with Crippen molar-refractivity contribution in [3.63, 3.8) is 0 Å². The average molecular weight is 455 g/mol. The van der Waals surface area contributed by atoms with Crippen LogP contribution in [0.25, 0.3) is 11.1 Å². The van der Waals surface area contributed by atoms with Crippen molar-refractivity contribution in [1.29, 1.82) is 0 Å². The minimum Gasteiger partial charge on any atom is -0.481 e. The molecular weight excluding hydrogens is 426 g/mol. The Balaban J connectivity index is 1.44. The number of benzene rings is 3. The first kappa shape index (κ1) is 24.4. The molecule has 0 aliphatic heterocycles. The molecule has 0 bridgehead atoms. The molecule has 0 saturated heterocycles. The van der Waals surface area contributed by atoms with E-state index in [1.165, 1.54) is 30.3 Å². The number of carbonyl (C=O) groups excluding carboxylic acids is 1. The number of ether oxygens (including phenoxy) is 1. The third-order valence-electron chi connectivity index (χ3n) is 5.31. The summed E-state index contributed by atoms with van der Waals surface area (Å²) in [6.07, 6.45) is 1.04. The Labute approximate surface area is 192 Å². The summed E-state index contributed by atoms with van der Waals surface area (Å²) in [6.45, 7) is 3.04. The Kier molecular flexibility index (Phi) is 8.92. The summed E-state index contributed by atoms with van der Waals surface area (Å²) in [5.74, 6) is -0.863. The molecule has 0 aliphatic rings. The summed E-state index contributed by atoms with van der Waals surface area (Å²) in [7, 11) is 0. The molecular formula is C26H28F2N2O3. The van der Waals surface area contributed by atoms with Crippen LogP contribution in [0.5, 0.6) is 5.75 Å². The Morgan fingerprint density at radius 2 is 1.79 bits per heavy atom. The van der Waals surface area contributed by atoms with Gasteiger partial charge >= 0.3 is 0 Å². The van der Waals surface area contributed by atoms with Crippen LogP contribution in [-0.2, 0) is 11.3 Å². The molecule has 0 spiro atoms. The number of unbranched alkanes of at least 4 members (excludes halogenated alkanes) is 1. The first-order chi connectivity index (χ1) is 16.0. The summed E-state index contributed by atoms with van der Waals surface area (Å²) >= 11 is 0. The van der Waals surface area contributed by atoms with Crippen molar-refractivity contribution in [3.05, 3.63) is 89.5 Å². The van der Waals surface area contributed by atoms with E-state index in [9.17, 15) is 13.6 Å². The number of hydrogen-bond acceptors (Lipinski definition) is 4. The zero-order valence-corrected chi connectivity index (χ0v) is 18.5. The zero-order valence-electron chi connectivity index (χ0n) is 18.5. The van der Waals surface area contributed by atoms with E-state index in [1.54, 1.807) is 24.5 Å². The van der Waals surface area contributed by atoms with Gasteiger partial charge in [-0.05, 0) is 91.4 Å². The van der Waals surface area contributed by atoms with E-state index in [0.29, 0.717) is 30.7 Å². The van der Waals surface area contributed by atoms with Crippen LogP contribution in [0.15, 0.2) is 66.7 Å². The molecule has 33 heavy (non-hydrogen) atoms. The molecule has 3 rings (SSSR count). The second-order valence-electron chi connectivity index (χ2n) is 7.87. The van der Waals surface area contributed by atoms with Crippen molar-refractivity contribution in [2.24, 2.45) is 0 Å². The number of halogens is 2. The molecule has 3 aromatic rings. The van der Waals surface area contributed by atoms with Crippen molar-refractivity contribution in [2.75, 3.05) is 6.54 Å². The summed E-state index contributed by atoms with van der Waals surface area (Å²) in [6, 6.07) is 18.8. The van der Waals surface area contributed by atoms with Gasteiger partial charge in [-0.15, -0.1) is 0 Å². The lowest BCUT2D eigenvalue weighted by Gasteiger charge is -2.17. The quantitative estimate of drug-likeness (QED) is 0.213. The van der Waals surface area contributed by atoms with Gasteiger partial charge in [0.25, 0.3) is 5.91 Å². The minimum absolute atomic E-state index is 0.256. The van der Waals surface area contributed by atoms with Gasteiger partial charge in [-0.3, -0.25) is 10.0 Å². The van der Waals surface area contributed by atoms with Gasteiger partial charge in [0.05, 0.1) is 0 Å². The van der Waals surface area contributed by atoms with E-state index in [2.05, 4.69) is 11.4 Å². The summed E-state index contributed by atoms with van der Waals surface area (Å²) < 4.78 is 32.2. The standard InChI is InChI=1S/C26H28F2N2O3/c1-18-15-23(12-13-24(18)28)33-25(26(31)30-32)7-2-3-14-29-17-19-5-4-6-21(16-19)20-8-10-22(27)11-9-20/h4-6,8-13,15-16,25,29,32H,2-3,7,14,17H2,1H3,(H,30,31). The van der Waals surface area contributed by atoms with Gasteiger partial charge in [-0.1, -0.05) is 30.3 Å². The Bertz CT molecular complexity index is 1060. The highest BCUT2D eigenvalue weighted by atomic mass is 19.1. The number of nitrogens with one attached hydrogen (secondary N) is 2. The maximum Gasteiger partial charge on any atom is 0.284 e. The normalized spacial score (nSPS) is 11.8. The van der Waals surface area contributed by atoms with Crippen molar-refractivity contribution in [3.8, 4) is 16.9 Å². The van der Waals surface area contributed by atoms with Gasteiger partial charge in [0.1, 0.15) is 17.4 Å². The van der Waals surface area contributed by atoms with Crippen LogP contribution < -0.4 is 15.5 Å². The van der Waals surface area contributed by atoms with Gasteiger partial charge in [-0.25, -0.2) is 14.3 Å². The lowest BCUT2D eigenvalue weighted by atomic mass is 10.0. The second-order valence-corrected chi connectivity index (χ2v) is 7.87. The van der Waals surface area contributed by atoms with Crippen LogP contribution in [0.2, 0.25) is 0 Å². The van der Waals surface area contributed by atoms with E-state index in [0.717, 1.165) is 29.7 Å². The van der Waals surface area contributed by atoms with Gasteiger partial charge in [0.2, 0.25) is 0 Å². The first-order valence-corrected chi connectivity index (χ1v) is 10.9. The van der Waals surface area contributed by atoms with E-state index in [-0.39, 0.29) is 11.6 Å². The minimum atomic E-state index is -0.868. The second kappa shape index (κ2) is 12.1. The van der Waals surface area contributed by atoms with Crippen LogP contribution in [0.3, 0.4) is 0 Å². The SMILES string of the molecule is Cc1cc(OC(CCCCNCc2cccc(-c3ccc(F)cc3)c2)C(=O)NO)ccc1F. The maximum absolute atomic E-state index is 13.4. The van der Waals surface area contributed by atoms with Crippen molar-refractivity contribution >= 4 is 5.91 Å². The fraction of sp³-hybridized carbons (Fsp3) is 0.269. The molecule has 0 aliphatic carbocycles. The largest absolute Gasteiger partial charge is 0.481 e. The molecule has 3 N–H and O–H groups in total. The maximum atomic E-state index is 13.4. The highest BCUT2D eigenvalue weighted by molar-refractivity contribution is 5.79. The lowest BCUT2D eigenvalue weighted by molar-refractivity contribution is -0.136. The zero-order chi connectivity index (χ0) is 23.6. The Hall–Kier alpha value is -3.29. The molecule has 0 radical (unpaired) electrons. The van der Waals surface area contributed by atoms with Crippen LogP contribution in [0.1, 0.15) is 30.4 Å². The molecule has 3 aromatic carbocycles. The summed E-state index contributed by atoms with van der Waals surface area (Å²) in [4.78, 5) is 11.9. The van der Waals surface area contributed by atoms with E-state index in [1.807, 2.05) is 18.2 Å². The van der Waals surface area contributed by atoms with E-state index >= 15 is 0 Å². The molecule has 0 aromatic heterocycles. The molecule has 1 atom stereocenters. The van der Waals surface area contributed by atoms with Crippen molar-refractivity contribution in [1.82, 2.24) is 10.8 Å². The number of carbonyl (C=O) groups is 1. The van der Waals surface area contributed by atoms with Gasteiger partial charge in [0, 0.05) is 6.54 Å². The van der Waals surface area contributed by atoms with Crippen molar-refractivity contribution < 1.29 is 23.5 Å². The first-order valence-electron chi connectivity index (χ1n) is 10.9. The number of amides is 1. The molecule has 5 nitrogen and oxygen atoms in total. The highest BCUT2D eigenvalue weighted by Gasteiger charge is 2.20. The Morgan fingerprint density at radius 3 is 2.52 bits per heavy atom. The van der Waals surface area contributed by atoms with Gasteiger partial charge in [0.15, 0.2) is 6.10 Å². The number of hydrogen-bond donors (Lipinski definition) is 3. The average Bonchev–Trinajstić information content (AvgIpc) is 2.83. The number of rotatable bonds is 11. The van der Waals surface area contributed by atoms with Crippen LogP contribution in [-0.4, -0.2) is 23.8 Å². The third-order valence-corrected chi connectivity index (χ3v) is 5.31. The molecule has 0 saturated carbocycles. The smallest absolute Gasteiger partial charge is 0.284 e. The molecule has 1 amide bonds. The third kappa shape index (κ3) is 7.37. The van der Waals surface area contributed by atoms with E-state index in [4.69, 9.17) is 9.94 Å². The summed E-state index contributed by atoms with van der Waals surface area (Å²) in [5.41, 5.74) is 5.16. The lowest BCUT2D eigenvalue weighted by Crippen LogP contribution is -2.36. The van der Waals surface area contributed by atoms with Crippen LogP contribution >= 0.6 is 0 Å². The molecule has 174 valence electrons. The highest BCUT2D eigenvalue weighted by Crippen LogP contribution is 2.21. The number of hydroxylamine groups is 1. The fourth-order valence-electron chi connectivity index (χ4n) is 3.49. The summed E-state index contributed by atoms with van der Waals surface area (Å²) in [5, 5.41) is 12.4. The van der Waals surface area contributed by atoms with E-state index < -0.39 is 12.0 Å². The molecule has 0 fully saturated rings.